The zero-order chi connectivity index (χ0) is 15.7. The molecule has 2 aromatic rings. The molecular formula is C15H17N3O4. The van der Waals surface area contributed by atoms with E-state index >= 15 is 0 Å². The van der Waals surface area contributed by atoms with Crippen LogP contribution >= 0.6 is 0 Å². The van der Waals surface area contributed by atoms with E-state index in [2.05, 4.69) is 10.3 Å². The number of nitro benzene ring substituents is 1. The second-order valence-electron chi connectivity index (χ2n) is 5.91. The van der Waals surface area contributed by atoms with E-state index in [0.717, 1.165) is 23.9 Å². The molecule has 7 nitrogen and oxygen atoms in total. The van der Waals surface area contributed by atoms with Crippen LogP contribution < -0.4 is 5.32 Å². The molecule has 0 atom stereocenters. The lowest BCUT2D eigenvalue weighted by molar-refractivity contribution is -0.384. The molecule has 0 aliphatic heterocycles. The van der Waals surface area contributed by atoms with Crippen molar-refractivity contribution in [3.8, 4) is 0 Å². The molecule has 116 valence electrons. The number of hydrogen-bond donors (Lipinski definition) is 3. The van der Waals surface area contributed by atoms with E-state index in [0.29, 0.717) is 11.9 Å². The van der Waals surface area contributed by atoms with Gasteiger partial charge in [-0.05, 0) is 24.5 Å². The Morgan fingerprint density at radius 3 is 2.86 bits per heavy atom. The first-order valence-corrected chi connectivity index (χ1v) is 7.15. The van der Waals surface area contributed by atoms with E-state index in [1.54, 1.807) is 12.3 Å². The van der Waals surface area contributed by atoms with Crippen LogP contribution in [0.4, 0.5) is 5.69 Å². The number of aliphatic hydroxyl groups excluding tert-OH is 1. The summed E-state index contributed by atoms with van der Waals surface area (Å²) in [7, 11) is 0. The van der Waals surface area contributed by atoms with Crippen LogP contribution in [0.25, 0.3) is 10.9 Å². The minimum absolute atomic E-state index is 0.00553. The number of carbonyl (C=O) groups is 1. The molecule has 1 aliphatic rings. The predicted molar refractivity (Wildman–Crippen MR) is 80.4 cm³/mol. The first-order chi connectivity index (χ1) is 10.5. The number of nitro groups is 1. The third kappa shape index (κ3) is 2.80. The number of hydrogen-bond acceptors (Lipinski definition) is 4. The van der Waals surface area contributed by atoms with Crippen molar-refractivity contribution in [1.29, 1.82) is 0 Å². The molecule has 1 heterocycles. The van der Waals surface area contributed by atoms with Gasteiger partial charge in [-0.25, -0.2) is 0 Å². The summed E-state index contributed by atoms with van der Waals surface area (Å²) in [4.78, 5) is 25.4. The third-order valence-electron chi connectivity index (χ3n) is 4.27. The van der Waals surface area contributed by atoms with Gasteiger partial charge in [-0.1, -0.05) is 0 Å². The molecule has 0 spiro atoms. The van der Waals surface area contributed by atoms with Gasteiger partial charge in [0, 0.05) is 41.2 Å². The zero-order valence-electron chi connectivity index (χ0n) is 12.0. The first kappa shape index (κ1) is 14.5. The van der Waals surface area contributed by atoms with E-state index in [1.807, 2.05) is 0 Å². The monoisotopic (exact) mass is 303 g/mol. The smallest absolute Gasteiger partial charge is 0.270 e. The maximum Gasteiger partial charge on any atom is 0.270 e. The van der Waals surface area contributed by atoms with E-state index in [9.17, 15) is 20.0 Å². The van der Waals surface area contributed by atoms with Crippen LogP contribution in [-0.2, 0) is 11.2 Å². The number of H-pyrrole nitrogens is 1. The second kappa shape index (κ2) is 5.42. The SMILES string of the molecule is O=C(Cc1c[nH]c2ccc([N+](=O)[O-])cc12)NCC1(CO)CC1. The molecule has 0 unspecified atom stereocenters. The molecule has 22 heavy (non-hydrogen) atoms. The van der Waals surface area contributed by atoms with Crippen molar-refractivity contribution >= 4 is 22.5 Å². The summed E-state index contributed by atoms with van der Waals surface area (Å²) >= 11 is 0. The lowest BCUT2D eigenvalue weighted by Gasteiger charge is -2.12. The number of aliphatic hydroxyl groups is 1. The molecule has 3 N–H and O–H groups in total. The Kier molecular flexibility index (Phi) is 3.58. The summed E-state index contributed by atoms with van der Waals surface area (Å²) in [5.41, 5.74) is 1.37. The van der Waals surface area contributed by atoms with Crippen molar-refractivity contribution in [2.45, 2.75) is 19.3 Å². The van der Waals surface area contributed by atoms with Gasteiger partial charge in [-0.15, -0.1) is 0 Å². The van der Waals surface area contributed by atoms with Gasteiger partial charge in [0.05, 0.1) is 18.0 Å². The third-order valence-corrected chi connectivity index (χ3v) is 4.27. The fourth-order valence-electron chi connectivity index (χ4n) is 2.52. The quantitative estimate of drug-likeness (QED) is 0.555. The molecular weight excluding hydrogens is 286 g/mol. The molecule has 1 aromatic carbocycles. The molecule has 0 radical (unpaired) electrons. The van der Waals surface area contributed by atoms with E-state index in [1.165, 1.54) is 12.1 Å². The van der Waals surface area contributed by atoms with Gasteiger partial charge in [-0.2, -0.15) is 0 Å². The van der Waals surface area contributed by atoms with Crippen LogP contribution in [0.3, 0.4) is 0 Å². The Hall–Kier alpha value is -2.41. The van der Waals surface area contributed by atoms with Gasteiger partial charge in [0.1, 0.15) is 0 Å². The Balaban J connectivity index is 1.71. The predicted octanol–water partition coefficient (Wildman–Crippen LogP) is 1.51. The molecule has 1 aliphatic carbocycles. The van der Waals surface area contributed by atoms with E-state index in [4.69, 9.17) is 0 Å². The molecule has 0 saturated heterocycles. The summed E-state index contributed by atoms with van der Waals surface area (Å²) in [6.07, 6.45) is 3.72. The number of rotatable bonds is 6. The molecule has 1 saturated carbocycles. The van der Waals surface area contributed by atoms with E-state index in [-0.39, 0.29) is 30.0 Å². The average molecular weight is 303 g/mol. The first-order valence-electron chi connectivity index (χ1n) is 7.15. The Bertz CT molecular complexity index is 733. The Morgan fingerprint density at radius 2 is 2.23 bits per heavy atom. The number of aromatic amines is 1. The maximum absolute atomic E-state index is 12.0. The normalized spacial score (nSPS) is 15.7. The number of amides is 1. The number of nitrogens with zero attached hydrogens (tertiary/aromatic N) is 1. The van der Waals surface area contributed by atoms with Gasteiger partial charge in [0.15, 0.2) is 0 Å². The summed E-state index contributed by atoms with van der Waals surface area (Å²) in [6, 6.07) is 4.55. The fourth-order valence-corrected chi connectivity index (χ4v) is 2.52. The van der Waals surface area contributed by atoms with Crippen LogP contribution in [-0.4, -0.2) is 34.1 Å². The highest BCUT2D eigenvalue weighted by atomic mass is 16.6. The largest absolute Gasteiger partial charge is 0.396 e. The van der Waals surface area contributed by atoms with Crippen LogP contribution in [0, 0.1) is 15.5 Å². The Morgan fingerprint density at radius 1 is 1.45 bits per heavy atom. The van der Waals surface area contributed by atoms with Crippen LogP contribution in [0.2, 0.25) is 0 Å². The van der Waals surface area contributed by atoms with Crippen LogP contribution in [0.15, 0.2) is 24.4 Å². The van der Waals surface area contributed by atoms with Gasteiger partial charge in [0.2, 0.25) is 5.91 Å². The number of fused-ring (bicyclic) bond motifs is 1. The Labute approximate surface area is 126 Å². The maximum atomic E-state index is 12.0. The summed E-state index contributed by atoms with van der Waals surface area (Å²) in [5, 5.41) is 23.6. The van der Waals surface area contributed by atoms with Crippen molar-refractivity contribution in [3.05, 3.63) is 40.1 Å². The number of non-ortho nitro benzene ring substituents is 1. The highest BCUT2D eigenvalue weighted by molar-refractivity contribution is 5.90. The number of benzene rings is 1. The van der Waals surface area contributed by atoms with Crippen molar-refractivity contribution in [3.63, 3.8) is 0 Å². The number of carbonyl (C=O) groups excluding carboxylic acids is 1. The van der Waals surface area contributed by atoms with Crippen LogP contribution in [0.5, 0.6) is 0 Å². The van der Waals surface area contributed by atoms with Crippen molar-refractivity contribution in [2.24, 2.45) is 5.41 Å². The topological polar surface area (TPSA) is 108 Å². The van der Waals surface area contributed by atoms with E-state index < -0.39 is 4.92 Å². The summed E-state index contributed by atoms with van der Waals surface area (Å²) in [6.45, 7) is 0.567. The molecule has 1 fully saturated rings. The minimum Gasteiger partial charge on any atom is -0.396 e. The van der Waals surface area contributed by atoms with Gasteiger partial charge >= 0.3 is 0 Å². The molecule has 1 aromatic heterocycles. The average Bonchev–Trinajstić information content (AvgIpc) is 3.20. The standard InChI is InChI=1S/C15H17N3O4/c19-9-15(3-4-15)8-17-14(20)5-10-7-16-13-2-1-11(18(21)22)6-12(10)13/h1-2,6-7,16,19H,3-5,8-9H2,(H,17,20). The second-order valence-corrected chi connectivity index (χ2v) is 5.91. The lowest BCUT2D eigenvalue weighted by atomic mass is 10.1. The summed E-state index contributed by atoms with van der Waals surface area (Å²) in [5.74, 6) is -0.146. The van der Waals surface area contributed by atoms with Gasteiger partial charge < -0.3 is 15.4 Å². The van der Waals surface area contributed by atoms with Crippen molar-refractivity contribution in [2.75, 3.05) is 13.2 Å². The highest BCUT2D eigenvalue weighted by Crippen LogP contribution is 2.44. The lowest BCUT2D eigenvalue weighted by Crippen LogP contribution is -2.32. The fraction of sp³-hybridized carbons (Fsp3) is 0.400. The van der Waals surface area contributed by atoms with Gasteiger partial charge in [0.25, 0.3) is 5.69 Å². The molecule has 7 heteroatoms. The van der Waals surface area contributed by atoms with Crippen molar-refractivity contribution in [1.82, 2.24) is 10.3 Å². The molecule has 1 amide bonds. The van der Waals surface area contributed by atoms with Crippen LogP contribution in [0.1, 0.15) is 18.4 Å². The number of aromatic nitrogens is 1. The van der Waals surface area contributed by atoms with Gasteiger partial charge in [-0.3, -0.25) is 14.9 Å². The van der Waals surface area contributed by atoms with Crippen molar-refractivity contribution < 1.29 is 14.8 Å². The zero-order valence-corrected chi connectivity index (χ0v) is 12.0. The summed E-state index contributed by atoms with van der Waals surface area (Å²) < 4.78 is 0. The number of nitrogens with one attached hydrogen (secondary N) is 2. The highest BCUT2D eigenvalue weighted by Gasteiger charge is 2.42. The molecule has 0 bridgehead atoms. The minimum atomic E-state index is -0.450. The molecule has 3 rings (SSSR count).